The second-order valence-corrected chi connectivity index (χ2v) is 8.40. The van der Waals surface area contributed by atoms with Crippen LogP contribution in [0.5, 0.6) is 0 Å². The van der Waals surface area contributed by atoms with Crippen LogP contribution in [0.4, 0.5) is 5.69 Å². The SMILES string of the molecule is CC(=O)Nc1ccc2c(c1)C(CN1CCC(c3cccc(Cl)c3)CC1)CC2. The Kier molecular flexibility index (Phi) is 5.51. The predicted octanol–water partition coefficient (Wildman–Crippen LogP) is 5.21. The smallest absolute Gasteiger partial charge is 0.221 e. The minimum absolute atomic E-state index is 0.00687. The zero-order valence-electron chi connectivity index (χ0n) is 15.9. The van der Waals surface area contributed by atoms with Gasteiger partial charge in [0.2, 0.25) is 5.91 Å². The average molecular weight is 383 g/mol. The van der Waals surface area contributed by atoms with Gasteiger partial charge < -0.3 is 10.2 Å². The van der Waals surface area contributed by atoms with Gasteiger partial charge in [0.05, 0.1) is 0 Å². The third-order valence-corrected chi connectivity index (χ3v) is 6.29. The van der Waals surface area contributed by atoms with E-state index in [-0.39, 0.29) is 5.91 Å². The highest BCUT2D eigenvalue weighted by Crippen LogP contribution is 2.37. The van der Waals surface area contributed by atoms with E-state index in [0.29, 0.717) is 11.8 Å². The van der Waals surface area contributed by atoms with Crippen molar-refractivity contribution in [1.82, 2.24) is 4.90 Å². The van der Waals surface area contributed by atoms with E-state index in [2.05, 4.69) is 40.5 Å². The van der Waals surface area contributed by atoms with Crippen molar-refractivity contribution in [3.05, 3.63) is 64.2 Å². The van der Waals surface area contributed by atoms with E-state index in [4.69, 9.17) is 11.6 Å². The van der Waals surface area contributed by atoms with E-state index in [1.54, 1.807) is 6.92 Å². The first kappa shape index (κ1) is 18.5. The molecule has 2 aliphatic rings. The third-order valence-electron chi connectivity index (χ3n) is 6.05. The van der Waals surface area contributed by atoms with Crippen molar-refractivity contribution in [3.8, 4) is 0 Å². The Labute approximate surface area is 166 Å². The molecule has 1 N–H and O–H groups in total. The molecule has 0 bridgehead atoms. The number of benzene rings is 2. The second kappa shape index (κ2) is 8.04. The van der Waals surface area contributed by atoms with E-state index < -0.39 is 0 Å². The molecule has 3 nitrogen and oxygen atoms in total. The molecule has 27 heavy (non-hydrogen) atoms. The molecule has 1 saturated heterocycles. The molecule has 0 radical (unpaired) electrons. The van der Waals surface area contributed by atoms with Crippen molar-refractivity contribution < 1.29 is 4.79 Å². The zero-order valence-corrected chi connectivity index (χ0v) is 16.6. The van der Waals surface area contributed by atoms with Gasteiger partial charge in [-0.2, -0.15) is 0 Å². The normalized spacial score (nSPS) is 20.4. The van der Waals surface area contributed by atoms with Crippen molar-refractivity contribution in [3.63, 3.8) is 0 Å². The maximum atomic E-state index is 11.4. The molecule has 0 saturated carbocycles. The lowest BCUT2D eigenvalue weighted by atomic mass is 9.89. The molecule has 1 fully saturated rings. The molecular formula is C23H27ClN2O. The third kappa shape index (κ3) is 4.36. The number of hydrogen-bond acceptors (Lipinski definition) is 2. The van der Waals surface area contributed by atoms with Gasteiger partial charge in [0.25, 0.3) is 0 Å². The standard InChI is InChI=1S/C23H27ClN2O/c1-16(27)25-22-8-7-18-5-6-20(23(18)14-22)15-26-11-9-17(10-12-26)19-3-2-4-21(24)13-19/h2-4,7-8,13-14,17,20H,5-6,9-12,15H2,1H3,(H,25,27). The quantitative estimate of drug-likeness (QED) is 0.787. The monoisotopic (exact) mass is 382 g/mol. The maximum Gasteiger partial charge on any atom is 0.221 e. The molecule has 1 heterocycles. The van der Waals surface area contributed by atoms with Crippen molar-refractivity contribution in [2.45, 2.75) is 44.4 Å². The van der Waals surface area contributed by atoms with Crippen molar-refractivity contribution >= 4 is 23.2 Å². The van der Waals surface area contributed by atoms with Crippen molar-refractivity contribution in [2.75, 3.05) is 25.0 Å². The number of carbonyl (C=O) groups excluding carboxylic acids is 1. The Balaban J connectivity index is 1.37. The number of halogens is 1. The van der Waals surface area contributed by atoms with Gasteiger partial charge in [0.1, 0.15) is 0 Å². The van der Waals surface area contributed by atoms with Gasteiger partial charge in [-0.25, -0.2) is 0 Å². The van der Waals surface area contributed by atoms with E-state index in [1.807, 2.05) is 12.1 Å². The van der Waals surface area contributed by atoms with Crippen LogP contribution in [0.3, 0.4) is 0 Å². The molecule has 4 heteroatoms. The number of anilines is 1. The Morgan fingerprint density at radius 3 is 2.70 bits per heavy atom. The molecule has 1 unspecified atom stereocenters. The number of nitrogens with one attached hydrogen (secondary N) is 1. The van der Waals surface area contributed by atoms with Gasteiger partial charge in [-0.15, -0.1) is 0 Å². The van der Waals surface area contributed by atoms with Crippen LogP contribution >= 0.6 is 11.6 Å². The van der Waals surface area contributed by atoms with Crippen LogP contribution in [0.15, 0.2) is 42.5 Å². The maximum absolute atomic E-state index is 11.4. The largest absolute Gasteiger partial charge is 0.326 e. The highest BCUT2D eigenvalue weighted by atomic mass is 35.5. The lowest BCUT2D eigenvalue weighted by molar-refractivity contribution is -0.114. The summed E-state index contributed by atoms with van der Waals surface area (Å²) in [6.45, 7) is 4.98. The fraction of sp³-hybridized carbons (Fsp3) is 0.435. The van der Waals surface area contributed by atoms with E-state index in [0.717, 1.165) is 36.8 Å². The molecule has 1 atom stereocenters. The summed E-state index contributed by atoms with van der Waals surface area (Å²) in [5.74, 6) is 1.20. The van der Waals surface area contributed by atoms with Crippen LogP contribution < -0.4 is 5.32 Å². The number of nitrogens with zero attached hydrogens (tertiary/aromatic N) is 1. The Hall–Kier alpha value is -1.84. The number of amides is 1. The Morgan fingerprint density at radius 1 is 1.15 bits per heavy atom. The molecule has 2 aromatic rings. The fourth-order valence-corrected chi connectivity index (χ4v) is 4.88. The van der Waals surface area contributed by atoms with E-state index in [1.165, 1.54) is 36.0 Å². The van der Waals surface area contributed by atoms with Gasteiger partial charge in [-0.05, 0) is 91.6 Å². The summed E-state index contributed by atoms with van der Waals surface area (Å²) in [7, 11) is 0. The number of likely N-dealkylation sites (tertiary alicyclic amines) is 1. The molecule has 4 rings (SSSR count). The van der Waals surface area contributed by atoms with Crippen LogP contribution in [-0.2, 0) is 11.2 Å². The van der Waals surface area contributed by atoms with Crippen molar-refractivity contribution in [1.29, 1.82) is 0 Å². The topological polar surface area (TPSA) is 32.3 Å². The molecule has 2 aromatic carbocycles. The minimum atomic E-state index is -0.00687. The van der Waals surface area contributed by atoms with E-state index >= 15 is 0 Å². The molecule has 142 valence electrons. The van der Waals surface area contributed by atoms with Crippen LogP contribution in [-0.4, -0.2) is 30.4 Å². The number of hydrogen-bond donors (Lipinski definition) is 1. The van der Waals surface area contributed by atoms with Gasteiger partial charge in [-0.1, -0.05) is 29.8 Å². The molecule has 0 spiro atoms. The number of carbonyl (C=O) groups is 1. The van der Waals surface area contributed by atoms with Gasteiger partial charge in [0, 0.05) is 24.2 Å². The first-order valence-corrected chi connectivity index (χ1v) is 10.3. The lowest BCUT2D eigenvalue weighted by Gasteiger charge is -2.34. The number of rotatable bonds is 4. The summed E-state index contributed by atoms with van der Waals surface area (Å²) in [6.07, 6.45) is 4.77. The first-order valence-electron chi connectivity index (χ1n) is 9.97. The average Bonchev–Trinajstić information content (AvgIpc) is 3.04. The number of fused-ring (bicyclic) bond motifs is 1. The Morgan fingerprint density at radius 2 is 1.96 bits per heavy atom. The van der Waals surface area contributed by atoms with Gasteiger partial charge in [0.15, 0.2) is 0 Å². The summed E-state index contributed by atoms with van der Waals surface area (Å²) in [4.78, 5) is 14.0. The number of piperidine rings is 1. The van der Waals surface area contributed by atoms with Crippen LogP contribution in [0.25, 0.3) is 0 Å². The fourth-order valence-electron chi connectivity index (χ4n) is 4.68. The van der Waals surface area contributed by atoms with Crippen LogP contribution in [0, 0.1) is 0 Å². The minimum Gasteiger partial charge on any atom is -0.326 e. The molecule has 1 amide bonds. The molecule has 1 aliphatic heterocycles. The molecule has 0 aromatic heterocycles. The summed E-state index contributed by atoms with van der Waals surface area (Å²) < 4.78 is 0. The molecular weight excluding hydrogens is 356 g/mol. The lowest BCUT2D eigenvalue weighted by Crippen LogP contribution is -2.35. The highest BCUT2D eigenvalue weighted by molar-refractivity contribution is 6.30. The van der Waals surface area contributed by atoms with Gasteiger partial charge in [-0.3, -0.25) is 4.79 Å². The first-order chi connectivity index (χ1) is 13.1. The zero-order chi connectivity index (χ0) is 18.8. The predicted molar refractivity (Wildman–Crippen MR) is 112 cm³/mol. The molecule has 1 aliphatic carbocycles. The van der Waals surface area contributed by atoms with Crippen molar-refractivity contribution in [2.24, 2.45) is 0 Å². The summed E-state index contributed by atoms with van der Waals surface area (Å²) >= 11 is 6.16. The Bertz CT molecular complexity index is 827. The van der Waals surface area contributed by atoms with Crippen LogP contribution in [0.2, 0.25) is 5.02 Å². The van der Waals surface area contributed by atoms with E-state index in [9.17, 15) is 4.79 Å². The summed E-state index contributed by atoms with van der Waals surface area (Å²) in [5.41, 5.74) is 5.18. The highest BCUT2D eigenvalue weighted by Gasteiger charge is 2.27. The number of aryl methyl sites for hydroxylation is 1. The summed E-state index contributed by atoms with van der Waals surface area (Å²) in [5, 5.41) is 3.76. The second-order valence-electron chi connectivity index (χ2n) is 7.96. The summed E-state index contributed by atoms with van der Waals surface area (Å²) in [6, 6.07) is 14.7. The van der Waals surface area contributed by atoms with Crippen LogP contribution in [0.1, 0.15) is 54.7 Å². The van der Waals surface area contributed by atoms with Gasteiger partial charge >= 0.3 is 0 Å².